The van der Waals surface area contributed by atoms with E-state index in [1.165, 1.54) is 4.90 Å². The van der Waals surface area contributed by atoms with Crippen molar-refractivity contribution in [2.45, 2.75) is 39.8 Å². The van der Waals surface area contributed by atoms with Crippen molar-refractivity contribution in [3.8, 4) is 17.2 Å². The number of rotatable bonds is 13. The Morgan fingerprint density at radius 3 is 2.35 bits per heavy atom. The second-order valence-corrected chi connectivity index (χ2v) is 11.5. The van der Waals surface area contributed by atoms with Gasteiger partial charge in [0.1, 0.15) is 18.1 Å². The molecular weight excluding hydrogens is 544 g/mol. The number of carbonyl (C=O) groups is 2. The number of hydrogen-bond acceptors (Lipinski definition) is 7. The van der Waals surface area contributed by atoms with Crippen molar-refractivity contribution >= 4 is 17.4 Å². The molecule has 43 heavy (non-hydrogen) atoms. The van der Waals surface area contributed by atoms with Gasteiger partial charge in [0.05, 0.1) is 25.3 Å². The average Bonchev–Trinajstić information content (AvgIpc) is 3.24. The fourth-order valence-corrected chi connectivity index (χ4v) is 4.94. The molecule has 1 aliphatic rings. The van der Waals surface area contributed by atoms with Gasteiger partial charge in [-0.05, 0) is 86.4 Å². The summed E-state index contributed by atoms with van der Waals surface area (Å²) in [5, 5.41) is 11.5. The van der Waals surface area contributed by atoms with Crippen molar-refractivity contribution in [2.24, 2.45) is 5.92 Å². The predicted octanol–water partition coefficient (Wildman–Crippen LogP) is 5.99. The summed E-state index contributed by atoms with van der Waals surface area (Å²) in [5.41, 5.74) is 3.32. The molecule has 1 unspecified atom stereocenters. The van der Waals surface area contributed by atoms with E-state index >= 15 is 0 Å². The minimum absolute atomic E-state index is 0.0351. The number of aliphatic hydroxyl groups excluding tert-OH is 1. The van der Waals surface area contributed by atoms with Crippen LogP contribution in [0.25, 0.3) is 5.76 Å². The van der Waals surface area contributed by atoms with Crippen molar-refractivity contribution in [3.05, 3.63) is 94.6 Å². The van der Waals surface area contributed by atoms with E-state index in [1.807, 2.05) is 56.3 Å². The number of hydrogen-bond donors (Lipinski definition) is 1. The molecule has 1 N–H and O–H groups in total. The van der Waals surface area contributed by atoms with Crippen molar-refractivity contribution in [2.75, 3.05) is 40.9 Å². The Hall–Kier alpha value is -4.30. The van der Waals surface area contributed by atoms with Crippen LogP contribution in [0.1, 0.15) is 48.6 Å². The van der Waals surface area contributed by atoms with Gasteiger partial charge in [-0.2, -0.15) is 0 Å². The number of likely N-dealkylation sites (tertiary alicyclic amines) is 1. The maximum Gasteiger partial charge on any atom is 0.295 e. The van der Waals surface area contributed by atoms with Crippen LogP contribution in [0.3, 0.4) is 0 Å². The standard InChI is InChI=1S/C35H42N2O6/c1-23(2)17-20-42-29-16-13-26(21-30(29)41-6)32-31(34(39)35(40)37(32)19-18-36(4)5)33(38)25-11-14-28(15-12-25)43-22-27-10-8-7-9-24(27)3/h7-16,21,23,32,38H,17-20,22H2,1-6H3/b33-31+. The zero-order chi connectivity index (χ0) is 31.1. The maximum atomic E-state index is 13.4. The third-order valence-electron chi connectivity index (χ3n) is 7.57. The van der Waals surface area contributed by atoms with Crippen LogP contribution in [0.4, 0.5) is 0 Å². The van der Waals surface area contributed by atoms with E-state index in [-0.39, 0.29) is 11.3 Å². The van der Waals surface area contributed by atoms with Crippen LogP contribution in [-0.4, -0.2) is 67.5 Å². The molecule has 8 nitrogen and oxygen atoms in total. The number of carbonyl (C=O) groups excluding carboxylic acids is 2. The lowest BCUT2D eigenvalue weighted by Gasteiger charge is -2.27. The van der Waals surface area contributed by atoms with Gasteiger partial charge < -0.3 is 29.1 Å². The van der Waals surface area contributed by atoms with E-state index in [0.717, 1.165) is 17.5 Å². The highest BCUT2D eigenvalue weighted by atomic mass is 16.5. The summed E-state index contributed by atoms with van der Waals surface area (Å²) in [6.07, 6.45) is 0.894. The predicted molar refractivity (Wildman–Crippen MR) is 167 cm³/mol. The fraction of sp³-hybridized carbons (Fsp3) is 0.371. The molecular formula is C35H42N2O6. The maximum absolute atomic E-state index is 13.4. The summed E-state index contributed by atoms with van der Waals surface area (Å²) >= 11 is 0. The topological polar surface area (TPSA) is 88.5 Å². The van der Waals surface area contributed by atoms with Crippen molar-refractivity contribution < 1.29 is 28.9 Å². The van der Waals surface area contributed by atoms with Gasteiger partial charge in [0, 0.05) is 18.7 Å². The van der Waals surface area contributed by atoms with Crippen LogP contribution in [0.2, 0.25) is 0 Å². The minimum atomic E-state index is -0.796. The molecule has 0 spiro atoms. The average molecular weight is 587 g/mol. The molecule has 3 aromatic rings. The SMILES string of the molecule is COc1cc(C2/C(=C(\O)c3ccc(OCc4ccccc4C)cc3)C(=O)C(=O)N2CCN(C)C)ccc1OCCC(C)C. The second kappa shape index (κ2) is 14.2. The van der Waals surface area contributed by atoms with Gasteiger partial charge in [0.2, 0.25) is 0 Å². The monoisotopic (exact) mass is 586 g/mol. The number of Topliss-reactive ketones (excluding diaryl/α,β-unsaturated/α-hetero) is 1. The van der Waals surface area contributed by atoms with Crippen molar-refractivity contribution in [1.82, 2.24) is 9.80 Å². The molecule has 0 aromatic heterocycles. The summed E-state index contributed by atoms with van der Waals surface area (Å²) in [4.78, 5) is 30.2. The first-order chi connectivity index (χ1) is 20.6. The molecule has 3 aromatic carbocycles. The molecule has 0 aliphatic carbocycles. The van der Waals surface area contributed by atoms with E-state index < -0.39 is 17.7 Å². The van der Waals surface area contributed by atoms with E-state index in [4.69, 9.17) is 14.2 Å². The lowest BCUT2D eigenvalue weighted by atomic mass is 9.95. The highest BCUT2D eigenvalue weighted by Gasteiger charge is 2.46. The molecule has 1 atom stereocenters. The molecule has 0 bridgehead atoms. The summed E-state index contributed by atoms with van der Waals surface area (Å²) in [5.74, 6) is 0.585. The van der Waals surface area contributed by atoms with E-state index in [2.05, 4.69) is 13.8 Å². The molecule has 1 heterocycles. The number of methoxy groups -OCH3 is 1. The summed E-state index contributed by atoms with van der Waals surface area (Å²) < 4.78 is 17.5. The van der Waals surface area contributed by atoms with E-state index in [1.54, 1.807) is 43.5 Å². The first-order valence-electron chi connectivity index (χ1n) is 14.6. The number of aliphatic hydroxyl groups is 1. The number of ether oxygens (including phenoxy) is 3. The number of nitrogens with zero attached hydrogens (tertiary/aromatic N) is 2. The molecule has 1 aliphatic heterocycles. The zero-order valence-corrected chi connectivity index (χ0v) is 25.9. The van der Waals surface area contributed by atoms with Crippen LogP contribution in [0.15, 0.2) is 72.3 Å². The van der Waals surface area contributed by atoms with Gasteiger partial charge in [-0.15, -0.1) is 0 Å². The fourth-order valence-electron chi connectivity index (χ4n) is 4.94. The third kappa shape index (κ3) is 7.56. The number of benzene rings is 3. The third-order valence-corrected chi connectivity index (χ3v) is 7.57. The normalized spacial score (nSPS) is 16.3. The molecule has 228 valence electrons. The molecule has 0 saturated carbocycles. The first kappa shape index (κ1) is 31.6. The molecule has 1 saturated heterocycles. The molecule has 0 radical (unpaired) electrons. The van der Waals surface area contributed by atoms with Crippen LogP contribution in [-0.2, 0) is 16.2 Å². The minimum Gasteiger partial charge on any atom is -0.507 e. The van der Waals surface area contributed by atoms with Crippen molar-refractivity contribution in [1.29, 1.82) is 0 Å². The Balaban J connectivity index is 1.67. The molecule has 1 amide bonds. The first-order valence-corrected chi connectivity index (χ1v) is 14.6. The summed E-state index contributed by atoms with van der Waals surface area (Å²) in [7, 11) is 5.36. The number of likely N-dealkylation sites (N-methyl/N-ethyl adjacent to an activating group) is 1. The van der Waals surface area contributed by atoms with Gasteiger partial charge in [-0.1, -0.05) is 44.2 Å². The Morgan fingerprint density at radius 2 is 1.70 bits per heavy atom. The van der Waals surface area contributed by atoms with Gasteiger partial charge in [0.25, 0.3) is 11.7 Å². The van der Waals surface area contributed by atoms with Crippen LogP contribution in [0, 0.1) is 12.8 Å². The summed E-state index contributed by atoms with van der Waals surface area (Å²) in [6, 6.07) is 19.5. The van der Waals surface area contributed by atoms with E-state index in [0.29, 0.717) is 60.6 Å². The molecule has 4 rings (SSSR count). The van der Waals surface area contributed by atoms with Gasteiger partial charge in [-0.25, -0.2) is 0 Å². The van der Waals surface area contributed by atoms with Gasteiger partial charge >= 0.3 is 0 Å². The van der Waals surface area contributed by atoms with Gasteiger partial charge in [-0.3, -0.25) is 9.59 Å². The Morgan fingerprint density at radius 1 is 0.977 bits per heavy atom. The van der Waals surface area contributed by atoms with Crippen LogP contribution < -0.4 is 14.2 Å². The Labute approximate surface area is 254 Å². The number of amides is 1. The molecule has 1 fully saturated rings. The highest BCUT2D eigenvalue weighted by Crippen LogP contribution is 2.42. The lowest BCUT2D eigenvalue weighted by Crippen LogP contribution is -2.35. The van der Waals surface area contributed by atoms with Crippen molar-refractivity contribution in [3.63, 3.8) is 0 Å². The Kier molecular flexibility index (Phi) is 10.5. The lowest BCUT2D eigenvalue weighted by molar-refractivity contribution is -0.140. The Bertz CT molecular complexity index is 1460. The van der Waals surface area contributed by atoms with Crippen LogP contribution in [0.5, 0.6) is 17.2 Å². The number of ketones is 1. The molecule has 8 heteroatoms. The van der Waals surface area contributed by atoms with Gasteiger partial charge in [0.15, 0.2) is 11.5 Å². The number of aryl methyl sites for hydroxylation is 1. The summed E-state index contributed by atoms with van der Waals surface area (Å²) in [6.45, 7) is 8.10. The smallest absolute Gasteiger partial charge is 0.295 e. The highest BCUT2D eigenvalue weighted by molar-refractivity contribution is 6.46. The second-order valence-electron chi connectivity index (χ2n) is 11.5. The quantitative estimate of drug-likeness (QED) is 0.150. The van der Waals surface area contributed by atoms with E-state index in [9.17, 15) is 14.7 Å². The largest absolute Gasteiger partial charge is 0.507 e. The van der Waals surface area contributed by atoms with Crippen LogP contribution >= 0.6 is 0 Å². The zero-order valence-electron chi connectivity index (χ0n) is 25.9.